The molecule has 30 heavy (non-hydrogen) atoms. The van der Waals surface area contributed by atoms with Gasteiger partial charge in [0.15, 0.2) is 5.82 Å². The molecular formula is C21H21FN4O3S. The first-order valence-corrected chi connectivity index (χ1v) is 11.1. The second kappa shape index (κ2) is 8.37. The molecule has 1 N–H and O–H groups in total. The molecule has 2 heterocycles. The molecule has 0 radical (unpaired) electrons. The molecule has 0 spiro atoms. The van der Waals surface area contributed by atoms with Gasteiger partial charge in [0.1, 0.15) is 5.69 Å². The summed E-state index contributed by atoms with van der Waals surface area (Å²) in [4.78, 5) is 12.8. The van der Waals surface area contributed by atoms with Crippen LogP contribution in [0, 0.1) is 5.82 Å². The van der Waals surface area contributed by atoms with Crippen LogP contribution in [0.3, 0.4) is 0 Å². The van der Waals surface area contributed by atoms with Gasteiger partial charge in [-0.1, -0.05) is 18.6 Å². The number of hydrogen-bond acceptors (Lipinski definition) is 4. The third-order valence-electron chi connectivity index (χ3n) is 5.02. The Kier molecular flexibility index (Phi) is 5.65. The zero-order valence-electron chi connectivity index (χ0n) is 16.2. The van der Waals surface area contributed by atoms with Gasteiger partial charge in [0.05, 0.1) is 10.5 Å². The monoisotopic (exact) mass is 428 g/mol. The number of anilines is 1. The fourth-order valence-corrected chi connectivity index (χ4v) is 5.21. The quantitative estimate of drug-likeness (QED) is 0.675. The van der Waals surface area contributed by atoms with Gasteiger partial charge in [-0.05, 0) is 49.2 Å². The molecule has 9 heteroatoms. The van der Waals surface area contributed by atoms with E-state index in [1.807, 2.05) is 0 Å². The topological polar surface area (TPSA) is 84.3 Å². The molecule has 3 aromatic rings. The Hall–Kier alpha value is -3.04. The Balaban J connectivity index is 1.60. The number of benzene rings is 2. The maximum atomic E-state index is 14.5. The van der Waals surface area contributed by atoms with Crippen molar-refractivity contribution in [2.75, 3.05) is 18.4 Å². The molecule has 0 bridgehead atoms. The van der Waals surface area contributed by atoms with Crippen LogP contribution in [0.1, 0.15) is 29.6 Å². The lowest BCUT2D eigenvalue weighted by atomic mass is 10.2. The molecule has 1 aromatic heterocycles. The first-order valence-electron chi connectivity index (χ1n) is 9.67. The van der Waals surface area contributed by atoms with Crippen LogP contribution in [0.4, 0.5) is 10.1 Å². The van der Waals surface area contributed by atoms with Gasteiger partial charge in [-0.2, -0.15) is 9.40 Å². The number of hydrogen-bond donors (Lipinski definition) is 1. The predicted molar refractivity (Wildman–Crippen MR) is 111 cm³/mol. The molecule has 7 nitrogen and oxygen atoms in total. The van der Waals surface area contributed by atoms with Gasteiger partial charge >= 0.3 is 0 Å². The van der Waals surface area contributed by atoms with E-state index in [0.717, 1.165) is 19.3 Å². The van der Waals surface area contributed by atoms with E-state index in [-0.39, 0.29) is 21.8 Å². The average Bonchev–Trinajstić information content (AvgIpc) is 3.29. The highest BCUT2D eigenvalue weighted by Gasteiger charge is 2.29. The van der Waals surface area contributed by atoms with Crippen molar-refractivity contribution in [1.82, 2.24) is 14.1 Å². The number of aromatic nitrogens is 2. The summed E-state index contributed by atoms with van der Waals surface area (Å²) in [6, 6.07) is 12.0. The largest absolute Gasteiger partial charge is 0.322 e. The Morgan fingerprint density at radius 3 is 2.50 bits per heavy atom. The number of amides is 1. The molecule has 2 aromatic carbocycles. The molecule has 0 unspecified atom stereocenters. The van der Waals surface area contributed by atoms with Gasteiger partial charge in [-0.3, -0.25) is 4.79 Å². The normalized spacial score (nSPS) is 15.1. The van der Waals surface area contributed by atoms with Gasteiger partial charge in [0.25, 0.3) is 5.91 Å². The van der Waals surface area contributed by atoms with Gasteiger partial charge in [0.2, 0.25) is 10.0 Å². The molecule has 1 fully saturated rings. The minimum Gasteiger partial charge on any atom is -0.322 e. The highest BCUT2D eigenvalue weighted by molar-refractivity contribution is 7.89. The second-order valence-electron chi connectivity index (χ2n) is 7.03. The van der Waals surface area contributed by atoms with Crippen LogP contribution in [-0.2, 0) is 10.0 Å². The molecule has 1 amide bonds. The summed E-state index contributed by atoms with van der Waals surface area (Å²) in [5.74, 6) is -1.18. The number of halogens is 1. The summed E-state index contributed by atoms with van der Waals surface area (Å²) in [6.45, 7) is 0.886. The van der Waals surface area contributed by atoms with Crippen molar-refractivity contribution >= 4 is 21.6 Å². The first-order chi connectivity index (χ1) is 14.5. The van der Waals surface area contributed by atoms with E-state index in [4.69, 9.17) is 0 Å². The molecule has 156 valence electrons. The lowest BCUT2D eigenvalue weighted by Crippen LogP contribution is -2.36. The predicted octanol–water partition coefficient (Wildman–Crippen LogP) is 3.44. The number of piperidine rings is 1. The Morgan fingerprint density at radius 1 is 1.03 bits per heavy atom. The van der Waals surface area contributed by atoms with E-state index in [9.17, 15) is 17.6 Å². The number of nitrogens with one attached hydrogen (secondary N) is 1. The van der Waals surface area contributed by atoms with Crippen molar-refractivity contribution in [2.45, 2.75) is 24.2 Å². The van der Waals surface area contributed by atoms with E-state index < -0.39 is 21.7 Å². The average molecular weight is 428 g/mol. The number of nitrogens with zero attached hydrogens (tertiary/aromatic N) is 3. The van der Waals surface area contributed by atoms with Crippen LogP contribution < -0.4 is 5.32 Å². The van der Waals surface area contributed by atoms with Crippen LogP contribution in [0.15, 0.2) is 65.8 Å². The van der Waals surface area contributed by atoms with Crippen LogP contribution in [0.2, 0.25) is 0 Å². The Labute approximate surface area is 174 Å². The van der Waals surface area contributed by atoms with Crippen molar-refractivity contribution in [3.05, 3.63) is 72.3 Å². The Morgan fingerprint density at radius 2 is 1.80 bits per heavy atom. The maximum Gasteiger partial charge on any atom is 0.257 e. The smallest absolute Gasteiger partial charge is 0.257 e. The lowest BCUT2D eigenvalue weighted by molar-refractivity contribution is 0.102. The van der Waals surface area contributed by atoms with Gasteiger partial charge in [-0.25, -0.2) is 17.5 Å². The minimum absolute atomic E-state index is 0.0274. The van der Waals surface area contributed by atoms with Crippen LogP contribution in [0.5, 0.6) is 0 Å². The van der Waals surface area contributed by atoms with Crippen molar-refractivity contribution in [1.29, 1.82) is 0 Å². The van der Waals surface area contributed by atoms with Crippen molar-refractivity contribution < 1.29 is 17.6 Å². The lowest BCUT2D eigenvalue weighted by Gasteiger charge is -2.26. The number of sulfonamides is 1. The summed E-state index contributed by atoms with van der Waals surface area (Å²) in [6.07, 6.45) is 5.74. The summed E-state index contributed by atoms with van der Waals surface area (Å²) in [7, 11) is -3.79. The third kappa shape index (κ3) is 3.99. The van der Waals surface area contributed by atoms with E-state index in [0.29, 0.717) is 13.1 Å². The minimum atomic E-state index is -3.79. The number of rotatable bonds is 5. The zero-order valence-corrected chi connectivity index (χ0v) is 17.0. The van der Waals surface area contributed by atoms with Crippen LogP contribution >= 0.6 is 0 Å². The van der Waals surface area contributed by atoms with E-state index in [1.165, 1.54) is 39.4 Å². The molecule has 4 rings (SSSR count). The molecule has 1 saturated heterocycles. The van der Waals surface area contributed by atoms with Gasteiger partial charge in [-0.15, -0.1) is 0 Å². The highest BCUT2D eigenvalue weighted by Crippen LogP contribution is 2.25. The number of carbonyl (C=O) groups excluding carboxylic acids is 1. The fourth-order valence-electron chi connectivity index (χ4n) is 3.50. The third-order valence-corrected chi connectivity index (χ3v) is 6.98. The SMILES string of the molecule is O=C(Nc1ccc(-n2cccn2)c(F)c1)c1ccccc1S(=O)(=O)N1CCCCC1. The molecule has 0 atom stereocenters. The van der Waals surface area contributed by atoms with Crippen LogP contribution in [-0.4, -0.2) is 41.5 Å². The molecule has 0 saturated carbocycles. The van der Waals surface area contributed by atoms with E-state index in [2.05, 4.69) is 10.4 Å². The highest BCUT2D eigenvalue weighted by atomic mass is 32.2. The van der Waals surface area contributed by atoms with E-state index in [1.54, 1.807) is 30.5 Å². The maximum absolute atomic E-state index is 14.5. The molecular weight excluding hydrogens is 407 g/mol. The van der Waals surface area contributed by atoms with Crippen LogP contribution in [0.25, 0.3) is 5.69 Å². The first kappa shape index (κ1) is 20.2. The van der Waals surface area contributed by atoms with Gasteiger partial charge in [0, 0.05) is 31.2 Å². The molecule has 1 aliphatic heterocycles. The summed E-state index contributed by atoms with van der Waals surface area (Å²) in [5, 5.41) is 6.58. The van der Waals surface area contributed by atoms with Gasteiger partial charge < -0.3 is 5.32 Å². The second-order valence-corrected chi connectivity index (χ2v) is 8.94. The van der Waals surface area contributed by atoms with Crippen molar-refractivity contribution in [3.63, 3.8) is 0 Å². The standard InChI is InChI=1S/C21H21FN4O3S/c22-18-15-16(9-10-19(18)26-14-6-11-23-26)24-21(27)17-7-2-3-8-20(17)30(28,29)25-12-4-1-5-13-25/h2-3,6-11,14-15H,1,4-5,12-13H2,(H,24,27). The zero-order chi connectivity index (χ0) is 21.1. The summed E-state index contributed by atoms with van der Waals surface area (Å²) >= 11 is 0. The molecule has 1 aliphatic rings. The summed E-state index contributed by atoms with van der Waals surface area (Å²) < 4.78 is 43.4. The molecule has 0 aliphatic carbocycles. The van der Waals surface area contributed by atoms with E-state index >= 15 is 0 Å². The summed E-state index contributed by atoms with van der Waals surface area (Å²) in [5.41, 5.74) is 0.490. The van der Waals surface area contributed by atoms with Crippen molar-refractivity contribution in [2.24, 2.45) is 0 Å². The van der Waals surface area contributed by atoms with Crippen molar-refractivity contribution in [3.8, 4) is 5.69 Å². The fraction of sp³-hybridized carbons (Fsp3) is 0.238. The number of carbonyl (C=O) groups is 1. The Bertz CT molecular complexity index is 1160.